The minimum absolute atomic E-state index is 0.572. The molecular formula is C12H21N3. The van der Waals surface area contributed by atoms with Gasteiger partial charge in [0.15, 0.2) is 0 Å². The second-order valence-corrected chi connectivity index (χ2v) is 4.49. The fourth-order valence-electron chi connectivity index (χ4n) is 1.47. The van der Waals surface area contributed by atoms with Gasteiger partial charge in [0, 0.05) is 18.8 Å². The van der Waals surface area contributed by atoms with Gasteiger partial charge < -0.3 is 5.73 Å². The van der Waals surface area contributed by atoms with E-state index in [9.17, 15) is 0 Å². The first-order valence-electron chi connectivity index (χ1n) is 5.41. The Morgan fingerprint density at radius 2 is 2.00 bits per heavy atom. The summed E-state index contributed by atoms with van der Waals surface area (Å²) in [6.45, 7) is 7.65. The first-order chi connectivity index (χ1) is 7.00. The summed E-state index contributed by atoms with van der Waals surface area (Å²) in [5, 5.41) is 0. The van der Waals surface area contributed by atoms with E-state index in [-0.39, 0.29) is 0 Å². The average Bonchev–Trinajstić information content (AvgIpc) is 2.20. The summed E-state index contributed by atoms with van der Waals surface area (Å²) >= 11 is 0. The lowest BCUT2D eigenvalue weighted by atomic mass is 10.0. The molecular weight excluding hydrogens is 186 g/mol. The third-order valence-electron chi connectivity index (χ3n) is 2.94. The van der Waals surface area contributed by atoms with Crippen LogP contribution >= 0.6 is 0 Å². The first-order valence-corrected chi connectivity index (χ1v) is 5.41. The van der Waals surface area contributed by atoms with Gasteiger partial charge >= 0.3 is 0 Å². The Labute approximate surface area is 92.3 Å². The molecule has 1 heterocycles. The van der Waals surface area contributed by atoms with E-state index in [4.69, 9.17) is 5.73 Å². The lowest BCUT2D eigenvalue weighted by Crippen LogP contribution is -2.32. The number of hydrogen-bond acceptors (Lipinski definition) is 3. The number of rotatable bonds is 4. The van der Waals surface area contributed by atoms with Crippen LogP contribution in [0, 0.1) is 5.92 Å². The van der Waals surface area contributed by atoms with Gasteiger partial charge in [-0.2, -0.15) is 0 Å². The highest BCUT2D eigenvalue weighted by molar-refractivity contribution is 5.29. The number of aromatic nitrogens is 1. The van der Waals surface area contributed by atoms with Gasteiger partial charge in [-0.15, -0.1) is 0 Å². The van der Waals surface area contributed by atoms with Crippen LogP contribution in [0.5, 0.6) is 0 Å². The third-order valence-corrected chi connectivity index (χ3v) is 2.94. The van der Waals surface area contributed by atoms with E-state index < -0.39 is 0 Å². The number of anilines is 1. The zero-order valence-corrected chi connectivity index (χ0v) is 10.1. The molecule has 0 aliphatic rings. The van der Waals surface area contributed by atoms with Crippen molar-refractivity contribution in [1.82, 2.24) is 9.88 Å². The molecule has 0 saturated carbocycles. The third kappa shape index (κ3) is 3.51. The Morgan fingerprint density at radius 3 is 2.47 bits per heavy atom. The van der Waals surface area contributed by atoms with Crippen molar-refractivity contribution in [3.8, 4) is 0 Å². The van der Waals surface area contributed by atoms with Crippen molar-refractivity contribution in [3.63, 3.8) is 0 Å². The fraction of sp³-hybridized carbons (Fsp3) is 0.583. The summed E-state index contributed by atoms with van der Waals surface area (Å²) in [6.07, 6.45) is 1.85. The van der Waals surface area contributed by atoms with Gasteiger partial charge in [-0.05, 0) is 31.5 Å². The van der Waals surface area contributed by atoms with Crippen LogP contribution in [0.1, 0.15) is 26.3 Å². The number of nitrogens with zero attached hydrogens (tertiary/aromatic N) is 2. The molecule has 1 rings (SSSR count). The SMILES string of the molecule is CC(C)C(C)N(C)Cc1ccc(N)nc1. The summed E-state index contributed by atoms with van der Waals surface area (Å²) < 4.78 is 0. The fourth-order valence-corrected chi connectivity index (χ4v) is 1.47. The van der Waals surface area contributed by atoms with Crippen LogP contribution in [0.2, 0.25) is 0 Å². The van der Waals surface area contributed by atoms with Crippen molar-refractivity contribution < 1.29 is 0 Å². The van der Waals surface area contributed by atoms with E-state index in [1.54, 1.807) is 0 Å². The molecule has 0 fully saturated rings. The second kappa shape index (κ2) is 5.12. The summed E-state index contributed by atoms with van der Waals surface area (Å²) in [5.74, 6) is 1.25. The molecule has 0 bridgehead atoms. The van der Waals surface area contributed by atoms with Crippen molar-refractivity contribution in [2.45, 2.75) is 33.4 Å². The predicted molar refractivity (Wildman–Crippen MR) is 64.4 cm³/mol. The Hall–Kier alpha value is -1.09. The van der Waals surface area contributed by atoms with E-state index in [2.05, 4.69) is 37.7 Å². The molecule has 0 aliphatic heterocycles. The molecule has 2 N–H and O–H groups in total. The number of nitrogens with two attached hydrogens (primary N) is 1. The van der Waals surface area contributed by atoms with E-state index in [1.165, 1.54) is 5.56 Å². The zero-order valence-electron chi connectivity index (χ0n) is 10.1. The summed E-state index contributed by atoms with van der Waals surface area (Å²) in [6, 6.07) is 4.46. The molecule has 1 aromatic rings. The van der Waals surface area contributed by atoms with Crippen LogP contribution in [0.3, 0.4) is 0 Å². The molecule has 1 aromatic heterocycles. The van der Waals surface area contributed by atoms with Crippen LogP contribution in [0.4, 0.5) is 5.82 Å². The highest BCUT2D eigenvalue weighted by Crippen LogP contribution is 2.12. The topological polar surface area (TPSA) is 42.1 Å². The molecule has 0 aromatic carbocycles. The highest BCUT2D eigenvalue weighted by atomic mass is 15.1. The van der Waals surface area contributed by atoms with Crippen molar-refractivity contribution in [1.29, 1.82) is 0 Å². The van der Waals surface area contributed by atoms with Crippen molar-refractivity contribution in [2.24, 2.45) is 5.92 Å². The maximum absolute atomic E-state index is 5.54. The molecule has 0 aliphatic carbocycles. The van der Waals surface area contributed by atoms with E-state index in [1.807, 2.05) is 18.3 Å². The Kier molecular flexibility index (Phi) is 4.09. The number of pyridine rings is 1. The smallest absolute Gasteiger partial charge is 0.123 e. The minimum Gasteiger partial charge on any atom is -0.384 e. The van der Waals surface area contributed by atoms with Gasteiger partial charge in [-0.25, -0.2) is 4.98 Å². The molecule has 15 heavy (non-hydrogen) atoms. The van der Waals surface area contributed by atoms with Crippen LogP contribution < -0.4 is 5.73 Å². The molecule has 3 nitrogen and oxygen atoms in total. The molecule has 0 spiro atoms. The molecule has 0 radical (unpaired) electrons. The largest absolute Gasteiger partial charge is 0.384 e. The van der Waals surface area contributed by atoms with Crippen molar-refractivity contribution in [3.05, 3.63) is 23.9 Å². The Balaban J connectivity index is 2.58. The van der Waals surface area contributed by atoms with Gasteiger partial charge in [-0.3, -0.25) is 4.90 Å². The summed E-state index contributed by atoms with van der Waals surface area (Å²) in [4.78, 5) is 6.42. The number of nitrogen functional groups attached to an aromatic ring is 1. The summed E-state index contributed by atoms with van der Waals surface area (Å²) in [7, 11) is 2.14. The summed E-state index contributed by atoms with van der Waals surface area (Å²) in [5.41, 5.74) is 6.75. The second-order valence-electron chi connectivity index (χ2n) is 4.49. The van der Waals surface area contributed by atoms with Gasteiger partial charge in [0.1, 0.15) is 5.82 Å². The quantitative estimate of drug-likeness (QED) is 0.822. The highest BCUT2D eigenvalue weighted by Gasteiger charge is 2.12. The molecule has 0 amide bonds. The van der Waals surface area contributed by atoms with Crippen LogP contribution in [0.15, 0.2) is 18.3 Å². The predicted octanol–water partition coefficient (Wildman–Crippen LogP) is 2.14. The Morgan fingerprint density at radius 1 is 1.33 bits per heavy atom. The molecule has 3 heteroatoms. The van der Waals surface area contributed by atoms with Crippen LogP contribution in [-0.2, 0) is 6.54 Å². The molecule has 0 saturated heterocycles. The van der Waals surface area contributed by atoms with Crippen LogP contribution in [-0.4, -0.2) is 23.0 Å². The maximum Gasteiger partial charge on any atom is 0.123 e. The number of hydrogen-bond donors (Lipinski definition) is 1. The molecule has 84 valence electrons. The lowest BCUT2D eigenvalue weighted by Gasteiger charge is -2.27. The van der Waals surface area contributed by atoms with Crippen LogP contribution in [0.25, 0.3) is 0 Å². The normalized spacial score (nSPS) is 13.5. The first kappa shape index (κ1) is 12.0. The minimum atomic E-state index is 0.572. The lowest BCUT2D eigenvalue weighted by molar-refractivity contribution is 0.200. The van der Waals surface area contributed by atoms with Gasteiger partial charge in [0.25, 0.3) is 0 Å². The zero-order chi connectivity index (χ0) is 11.4. The standard InChI is InChI=1S/C12H21N3/c1-9(2)10(3)15(4)8-11-5-6-12(13)14-7-11/h5-7,9-10H,8H2,1-4H3,(H2,13,14). The average molecular weight is 207 g/mol. The molecule has 1 atom stereocenters. The van der Waals surface area contributed by atoms with E-state index in [0.29, 0.717) is 17.8 Å². The molecule has 1 unspecified atom stereocenters. The monoisotopic (exact) mass is 207 g/mol. The van der Waals surface area contributed by atoms with Crippen molar-refractivity contribution in [2.75, 3.05) is 12.8 Å². The van der Waals surface area contributed by atoms with Crippen molar-refractivity contribution >= 4 is 5.82 Å². The van der Waals surface area contributed by atoms with E-state index >= 15 is 0 Å². The van der Waals surface area contributed by atoms with Gasteiger partial charge in [0.05, 0.1) is 0 Å². The van der Waals surface area contributed by atoms with E-state index in [0.717, 1.165) is 6.54 Å². The van der Waals surface area contributed by atoms with Gasteiger partial charge in [-0.1, -0.05) is 19.9 Å². The van der Waals surface area contributed by atoms with Gasteiger partial charge in [0.2, 0.25) is 0 Å². The maximum atomic E-state index is 5.54. The Bertz CT molecular complexity index is 292.